The molecule has 0 radical (unpaired) electrons. The van der Waals surface area contributed by atoms with Gasteiger partial charge in [0.15, 0.2) is 0 Å². The predicted octanol–water partition coefficient (Wildman–Crippen LogP) is 2.56. The summed E-state index contributed by atoms with van der Waals surface area (Å²) in [5.41, 5.74) is -0.597. The summed E-state index contributed by atoms with van der Waals surface area (Å²) >= 11 is 0. The molecule has 0 amide bonds. The van der Waals surface area contributed by atoms with Crippen LogP contribution in [0, 0.1) is 0 Å². The van der Waals surface area contributed by atoms with E-state index in [2.05, 4.69) is 4.74 Å². The number of hydrogen-bond acceptors (Lipinski definition) is 3. The second-order valence-corrected chi connectivity index (χ2v) is 3.62. The molecule has 0 aliphatic carbocycles. The third kappa shape index (κ3) is 2.89. The third-order valence-corrected chi connectivity index (χ3v) is 2.21. The van der Waals surface area contributed by atoms with Gasteiger partial charge in [-0.1, -0.05) is 0 Å². The summed E-state index contributed by atoms with van der Waals surface area (Å²) in [7, 11) is 4.39. The molecule has 1 rings (SSSR count). The molecule has 0 aromatic heterocycles. The van der Waals surface area contributed by atoms with Gasteiger partial charge < -0.3 is 9.64 Å². The van der Waals surface area contributed by atoms with Gasteiger partial charge in [0.2, 0.25) is 0 Å². The summed E-state index contributed by atoms with van der Waals surface area (Å²) in [5, 5.41) is 0. The van der Waals surface area contributed by atoms with Crippen molar-refractivity contribution in [3.8, 4) is 0 Å². The zero-order valence-corrected chi connectivity index (χ0v) is 9.63. The lowest BCUT2D eigenvalue weighted by Gasteiger charge is -2.18. The number of alkyl halides is 3. The van der Waals surface area contributed by atoms with Gasteiger partial charge in [0.05, 0.1) is 23.9 Å². The molecule has 3 nitrogen and oxygen atoms in total. The summed E-state index contributed by atoms with van der Waals surface area (Å²) in [6.45, 7) is 0. The van der Waals surface area contributed by atoms with E-state index in [-0.39, 0.29) is 5.56 Å². The molecule has 1 aromatic carbocycles. The summed E-state index contributed by atoms with van der Waals surface area (Å²) in [6.07, 6.45) is -4.48. The van der Waals surface area contributed by atoms with Crippen LogP contribution in [0.15, 0.2) is 18.2 Å². The number of esters is 1. The number of anilines is 1. The molecule has 0 aliphatic rings. The maximum atomic E-state index is 12.5. The van der Waals surface area contributed by atoms with Crippen molar-refractivity contribution >= 4 is 11.7 Å². The fraction of sp³-hybridized carbons (Fsp3) is 0.364. The van der Waals surface area contributed by atoms with E-state index in [9.17, 15) is 18.0 Å². The summed E-state index contributed by atoms with van der Waals surface area (Å²) < 4.78 is 42.0. The van der Waals surface area contributed by atoms with Gasteiger partial charge in [-0.2, -0.15) is 13.2 Å². The summed E-state index contributed by atoms with van der Waals surface area (Å²) in [4.78, 5) is 12.9. The molecule has 0 fully saturated rings. The topological polar surface area (TPSA) is 29.5 Å². The first-order valence-corrected chi connectivity index (χ1v) is 4.74. The highest BCUT2D eigenvalue weighted by molar-refractivity contribution is 5.96. The van der Waals surface area contributed by atoms with E-state index in [4.69, 9.17) is 0 Å². The van der Waals surface area contributed by atoms with Crippen LogP contribution in [0.3, 0.4) is 0 Å². The van der Waals surface area contributed by atoms with Crippen LogP contribution in [-0.2, 0) is 10.9 Å². The number of halogens is 3. The van der Waals surface area contributed by atoms with Crippen LogP contribution in [0.4, 0.5) is 18.9 Å². The van der Waals surface area contributed by atoms with Crippen molar-refractivity contribution in [1.29, 1.82) is 0 Å². The van der Waals surface area contributed by atoms with Crippen LogP contribution in [-0.4, -0.2) is 27.2 Å². The highest BCUT2D eigenvalue weighted by Gasteiger charge is 2.32. The second kappa shape index (κ2) is 4.65. The van der Waals surface area contributed by atoms with Crippen LogP contribution < -0.4 is 4.90 Å². The van der Waals surface area contributed by atoms with Crippen molar-refractivity contribution in [2.75, 3.05) is 26.1 Å². The molecular formula is C11H12F3NO2. The van der Waals surface area contributed by atoms with Crippen LogP contribution in [0.1, 0.15) is 15.9 Å². The number of nitrogens with zero attached hydrogens (tertiary/aromatic N) is 1. The Bertz CT molecular complexity index is 427. The van der Waals surface area contributed by atoms with Crippen LogP contribution in [0.2, 0.25) is 0 Å². The van der Waals surface area contributed by atoms with Crippen molar-refractivity contribution in [3.63, 3.8) is 0 Å². The fourth-order valence-corrected chi connectivity index (χ4v) is 1.38. The maximum absolute atomic E-state index is 12.5. The molecule has 0 unspecified atom stereocenters. The number of methoxy groups -OCH3 is 1. The molecule has 0 saturated heterocycles. The number of carbonyl (C=O) groups is 1. The summed E-state index contributed by atoms with van der Waals surface area (Å²) in [5.74, 6) is -0.792. The van der Waals surface area contributed by atoms with Gasteiger partial charge in [-0.05, 0) is 18.2 Å². The maximum Gasteiger partial charge on any atom is 0.416 e. The minimum Gasteiger partial charge on any atom is -0.465 e. The molecular weight excluding hydrogens is 235 g/mol. The zero-order valence-electron chi connectivity index (χ0n) is 9.63. The minimum atomic E-state index is -4.48. The molecule has 0 saturated carbocycles. The Morgan fingerprint density at radius 2 is 1.88 bits per heavy atom. The molecule has 0 spiro atoms. The average molecular weight is 247 g/mol. The van der Waals surface area contributed by atoms with Crippen molar-refractivity contribution in [2.45, 2.75) is 6.18 Å². The fourth-order valence-electron chi connectivity index (χ4n) is 1.38. The lowest BCUT2D eigenvalue weighted by Crippen LogP contribution is -2.16. The Balaban J connectivity index is 3.34. The highest BCUT2D eigenvalue weighted by atomic mass is 19.4. The SMILES string of the molecule is COC(=O)c1cc(C(F)(F)F)ccc1N(C)C. The quantitative estimate of drug-likeness (QED) is 0.752. The molecule has 0 aliphatic heterocycles. The Kier molecular flexibility index (Phi) is 3.65. The predicted molar refractivity (Wildman–Crippen MR) is 57.1 cm³/mol. The van der Waals surface area contributed by atoms with Gasteiger partial charge in [-0.3, -0.25) is 0 Å². The van der Waals surface area contributed by atoms with E-state index in [1.54, 1.807) is 19.0 Å². The Labute approximate surface area is 96.8 Å². The molecule has 0 bridgehead atoms. The van der Waals surface area contributed by atoms with Crippen molar-refractivity contribution in [3.05, 3.63) is 29.3 Å². The molecule has 6 heteroatoms. The molecule has 17 heavy (non-hydrogen) atoms. The number of hydrogen-bond donors (Lipinski definition) is 0. The van der Waals surface area contributed by atoms with E-state index >= 15 is 0 Å². The minimum absolute atomic E-state index is 0.104. The van der Waals surface area contributed by atoms with E-state index in [1.807, 2.05) is 0 Å². The van der Waals surface area contributed by atoms with Gasteiger partial charge in [0.1, 0.15) is 0 Å². The molecule has 0 heterocycles. The number of rotatable bonds is 2. The normalized spacial score (nSPS) is 11.2. The van der Waals surface area contributed by atoms with Crippen LogP contribution in [0.25, 0.3) is 0 Å². The molecule has 94 valence electrons. The Morgan fingerprint density at radius 1 is 1.29 bits per heavy atom. The zero-order chi connectivity index (χ0) is 13.2. The second-order valence-electron chi connectivity index (χ2n) is 3.62. The molecule has 1 aromatic rings. The van der Waals surface area contributed by atoms with Crippen molar-refractivity contribution in [1.82, 2.24) is 0 Å². The molecule has 0 N–H and O–H groups in total. The molecule has 0 atom stereocenters. The van der Waals surface area contributed by atoms with Crippen LogP contribution >= 0.6 is 0 Å². The first-order valence-electron chi connectivity index (χ1n) is 4.74. The lowest BCUT2D eigenvalue weighted by molar-refractivity contribution is -0.137. The van der Waals surface area contributed by atoms with E-state index in [0.717, 1.165) is 19.2 Å². The van der Waals surface area contributed by atoms with E-state index in [0.29, 0.717) is 5.69 Å². The van der Waals surface area contributed by atoms with E-state index in [1.165, 1.54) is 6.07 Å². The Hall–Kier alpha value is -1.72. The average Bonchev–Trinajstić information content (AvgIpc) is 2.25. The Morgan fingerprint density at radius 3 is 2.29 bits per heavy atom. The van der Waals surface area contributed by atoms with Gasteiger partial charge in [-0.15, -0.1) is 0 Å². The lowest BCUT2D eigenvalue weighted by atomic mass is 10.1. The standard InChI is InChI=1S/C11H12F3NO2/c1-15(2)9-5-4-7(11(12,13)14)6-8(9)10(16)17-3/h4-6H,1-3H3. The third-order valence-electron chi connectivity index (χ3n) is 2.21. The van der Waals surface area contributed by atoms with E-state index < -0.39 is 17.7 Å². The number of benzene rings is 1. The smallest absolute Gasteiger partial charge is 0.416 e. The monoisotopic (exact) mass is 247 g/mol. The van der Waals surface area contributed by atoms with Crippen molar-refractivity contribution < 1.29 is 22.7 Å². The van der Waals surface area contributed by atoms with Gasteiger partial charge in [-0.25, -0.2) is 4.79 Å². The van der Waals surface area contributed by atoms with Gasteiger partial charge >= 0.3 is 12.1 Å². The highest BCUT2D eigenvalue weighted by Crippen LogP contribution is 2.32. The first-order chi connectivity index (χ1) is 7.77. The first kappa shape index (κ1) is 13.3. The summed E-state index contributed by atoms with van der Waals surface area (Å²) in [6, 6.07) is 2.97. The van der Waals surface area contributed by atoms with Crippen LogP contribution in [0.5, 0.6) is 0 Å². The number of carbonyl (C=O) groups excluding carboxylic acids is 1. The van der Waals surface area contributed by atoms with Gasteiger partial charge in [0, 0.05) is 14.1 Å². The largest absolute Gasteiger partial charge is 0.465 e. The van der Waals surface area contributed by atoms with Gasteiger partial charge in [0.25, 0.3) is 0 Å². The van der Waals surface area contributed by atoms with Crippen molar-refractivity contribution in [2.24, 2.45) is 0 Å². The number of ether oxygens (including phenoxy) is 1.